The molecule has 0 aliphatic heterocycles. The van der Waals surface area contributed by atoms with Crippen molar-refractivity contribution in [2.24, 2.45) is 0 Å². The first-order valence-electron chi connectivity index (χ1n) is 9.45. The van der Waals surface area contributed by atoms with Crippen molar-refractivity contribution < 1.29 is 10.2 Å². The molecule has 2 heteroatoms. The second kappa shape index (κ2) is 6.74. The van der Waals surface area contributed by atoms with Gasteiger partial charge in [0.1, 0.15) is 11.5 Å². The van der Waals surface area contributed by atoms with Crippen molar-refractivity contribution in [1.29, 1.82) is 0 Å². The fraction of sp³-hybridized carbons (Fsp3) is 0.478. The maximum Gasteiger partial charge on any atom is 0.122 e. The van der Waals surface area contributed by atoms with E-state index in [0.29, 0.717) is 17.4 Å². The van der Waals surface area contributed by atoms with Gasteiger partial charge in [-0.2, -0.15) is 0 Å². The zero-order chi connectivity index (χ0) is 18.2. The van der Waals surface area contributed by atoms with Gasteiger partial charge in [0, 0.05) is 5.56 Å². The number of phenols is 2. The zero-order valence-electron chi connectivity index (χ0n) is 15.9. The summed E-state index contributed by atoms with van der Waals surface area (Å²) in [7, 11) is 0. The summed E-state index contributed by atoms with van der Waals surface area (Å²) in [6.45, 7) is 8.38. The van der Waals surface area contributed by atoms with Crippen LogP contribution in [0.2, 0.25) is 0 Å². The summed E-state index contributed by atoms with van der Waals surface area (Å²) in [5.74, 6) is 1.26. The molecule has 25 heavy (non-hydrogen) atoms. The third-order valence-corrected chi connectivity index (χ3v) is 5.52. The number of aryl methyl sites for hydroxylation is 1. The largest absolute Gasteiger partial charge is 0.508 e. The van der Waals surface area contributed by atoms with E-state index >= 15 is 0 Å². The highest BCUT2D eigenvalue weighted by Gasteiger charge is 2.26. The molecule has 1 saturated carbocycles. The Bertz CT molecular complexity index is 762. The van der Waals surface area contributed by atoms with Gasteiger partial charge in [-0.25, -0.2) is 0 Å². The van der Waals surface area contributed by atoms with Gasteiger partial charge >= 0.3 is 0 Å². The van der Waals surface area contributed by atoms with Crippen molar-refractivity contribution in [2.45, 2.75) is 71.1 Å². The SMILES string of the molecule is Cc1cc(-c2cc(C3CCCCC3)c(O)c(C(C)(C)C)c2)ccc1O. The first-order chi connectivity index (χ1) is 11.8. The number of rotatable bonds is 2. The van der Waals surface area contributed by atoms with E-state index in [9.17, 15) is 10.2 Å². The van der Waals surface area contributed by atoms with Crippen LogP contribution in [-0.2, 0) is 5.41 Å². The van der Waals surface area contributed by atoms with E-state index in [4.69, 9.17) is 0 Å². The molecule has 0 radical (unpaired) electrons. The van der Waals surface area contributed by atoms with Gasteiger partial charge in [0.25, 0.3) is 0 Å². The molecule has 1 fully saturated rings. The Morgan fingerprint density at radius 1 is 0.880 bits per heavy atom. The van der Waals surface area contributed by atoms with Crippen LogP contribution in [0, 0.1) is 6.92 Å². The molecule has 1 aliphatic rings. The first-order valence-corrected chi connectivity index (χ1v) is 9.45. The number of aromatic hydroxyl groups is 2. The molecule has 0 spiro atoms. The molecule has 134 valence electrons. The van der Waals surface area contributed by atoms with Crippen molar-refractivity contribution in [3.8, 4) is 22.6 Å². The Labute approximate surface area is 151 Å². The van der Waals surface area contributed by atoms with E-state index in [1.54, 1.807) is 6.07 Å². The highest BCUT2D eigenvalue weighted by molar-refractivity contribution is 5.70. The zero-order valence-corrected chi connectivity index (χ0v) is 15.9. The van der Waals surface area contributed by atoms with Crippen molar-refractivity contribution in [2.75, 3.05) is 0 Å². The third-order valence-electron chi connectivity index (χ3n) is 5.52. The number of hydrogen-bond donors (Lipinski definition) is 2. The van der Waals surface area contributed by atoms with Crippen LogP contribution in [0.1, 0.15) is 75.5 Å². The predicted octanol–water partition coefficient (Wildman–Crippen LogP) is 6.42. The minimum absolute atomic E-state index is 0.116. The number of benzene rings is 2. The van der Waals surface area contributed by atoms with Gasteiger partial charge in [-0.3, -0.25) is 0 Å². The molecule has 0 unspecified atom stereocenters. The molecule has 3 rings (SSSR count). The molecule has 0 heterocycles. The monoisotopic (exact) mass is 338 g/mol. The highest BCUT2D eigenvalue weighted by Crippen LogP contribution is 2.44. The summed E-state index contributed by atoms with van der Waals surface area (Å²) >= 11 is 0. The maximum atomic E-state index is 11.0. The number of hydrogen-bond acceptors (Lipinski definition) is 2. The Morgan fingerprint density at radius 3 is 2.16 bits per heavy atom. The highest BCUT2D eigenvalue weighted by atomic mass is 16.3. The molecular formula is C23H30O2. The Morgan fingerprint density at radius 2 is 1.56 bits per heavy atom. The molecule has 0 atom stereocenters. The summed E-state index contributed by atoms with van der Waals surface area (Å²) in [4.78, 5) is 0. The van der Waals surface area contributed by atoms with Crippen LogP contribution in [0.5, 0.6) is 11.5 Å². The van der Waals surface area contributed by atoms with Crippen molar-refractivity contribution in [3.63, 3.8) is 0 Å². The lowest BCUT2D eigenvalue weighted by Gasteiger charge is -2.28. The van der Waals surface area contributed by atoms with Gasteiger partial charge in [0.15, 0.2) is 0 Å². The predicted molar refractivity (Wildman–Crippen MR) is 104 cm³/mol. The minimum Gasteiger partial charge on any atom is -0.508 e. The van der Waals surface area contributed by atoms with Crippen LogP contribution in [-0.4, -0.2) is 10.2 Å². The van der Waals surface area contributed by atoms with Gasteiger partial charge < -0.3 is 10.2 Å². The number of phenolic OH excluding ortho intramolecular Hbond substituents is 2. The summed E-state index contributed by atoms with van der Waals surface area (Å²) < 4.78 is 0. The van der Waals surface area contributed by atoms with Gasteiger partial charge in [-0.15, -0.1) is 0 Å². The van der Waals surface area contributed by atoms with Crippen LogP contribution in [0.3, 0.4) is 0 Å². The molecule has 0 amide bonds. The van der Waals surface area contributed by atoms with E-state index in [-0.39, 0.29) is 5.41 Å². The Hall–Kier alpha value is -1.96. The molecule has 0 bridgehead atoms. The van der Waals surface area contributed by atoms with Crippen LogP contribution in [0.4, 0.5) is 0 Å². The molecule has 1 aliphatic carbocycles. The van der Waals surface area contributed by atoms with Crippen LogP contribution < -0.4 is 0 Å². The van der Waals surface area contributed by atoms with E-state index in [0.717, 1.165) is 40.7 Å². The van der Waals surface area contributed by atoms with Crippen molar-refractivity contribution in [3.05, 3.63) is 47.0 Å². The lowest BCUT2D eigenvalue weighted by Crippen LogP contribution is -2.14. The second-order valence-electron chi connectivity index (χ2n) is 8.55. The van der Waals surface area contributed by atoms with Gasteiger partial charge in [-0.1, -0.05) is 46.1 Å². The van der Waals surface area contributed by atoms with E-state index in [1.165, 1.54) is 19.3 Å². The molecule has 0 saturated heterocycles. The smallest absolute Gasteiger partial charge is 0.122 e. The standard InChI is InChI=1S/C23H30O2/c1-15-12-17(10-11-21(15)24)18-13-19(16-8-6-5-7-9-16)22(25)20(14-18)23(2,3)4/h10-14,16,24-25H,5-9H2,1-4H3. The quantitative estimate of drug-likeness (QED) is 0.663. The third kappa shape index (κ3) is 3.68. The van der Waals surface area contributed by atoms with Crippen LogP contribution >= 0.6 is 0 Å². The minimum atomic E-state index is -0.116. The average molecular weight is 338 g/mol. The normalized spacial score (nSPS) is 16.2. The van der Waals surface area contributed by atoms with Gasteiger partial charge in [0.05, 0.1) is 0 Å². The van der Waals surface area contributed by atoms with Gasteiger partial charge in [0.2, 0.25) is 0 Å². The summed E-state index contributed by atoms with van der Waals surface area (Å²) in [5.41, 5.74) is 5.10. The topological polar surface area (TPSA) is 40.5 Å². The van der Waals surface area contributed by atoms with Gasteiger partial charge in [-0.05, 0) is 77.6 Å². The summed E-state index contributed by atoms with van der Waals surface area (Å²) in [6.07, 6.45) is 6.12. The fourth-order valence-corrected chi connectivity index (χ4v) is 3.96. The van der Waals surface area contributed by atoms with E-state index < -0.39 is 0 Å². The molecule has 2 nitrogen and oxygen atoms in total. The summed E-state index contributed by atoms with van der Waals surface area (Å²) in [5, 5.41) is 20.8. The molecule has 0 aromatic heterocycles. The lowest BCUT2D eigenvalue weighted by atomic mass is 9.77. The maximum absolute atomic E-state index is 11.0. The van der Waals surface area contributed by atoms with Crippen molar-refractivity contribution in [1.82, 2.24) is 0 Å². The molecule has 2 aromatic carbocycles. The molecular weight excluding hydrogens is 308 g/mol. The Kier molecular flexibility index (Phi) is 4.81. The summed E-state index contributed by atoms with van der Waals surface area (Å²) in [6, 6.07) is 10.0. The Balaban J connectivity index is 2.16. The molecule has 2 N–H and O–H groups in total. The lowest BCUT2D eigenvalue weighted by molar-refractivity contribution is 0.403. The van der Waals surface area contributed by atoms with Crippen LogP contribution in [0.25, 0.3) is 11.1 Å². The first kappa shape index (κ1) is 17.8. The average Bonchev–Trinajstić information content (AvgIpc) is 2.57. The fourth-order valence-electron chi connectivity index (χ4n) is 3.96. The second-order valence-corrected chi connectivity index (χ2v) is 8.55. The van der Waals surface area contributed by atoms with Crippen LogP contribution in [0.15, 0.2) is 30.3 Å². The molecule has 2 aromatic rings. The van der Waals surface area contributed by atoms with Crippen molar-refractivity contribution >= 4 is 0 Å². The van der Waals surface area contributed by atoms with E-state index in [1.807, 2.05) is 19.1 Å². The van der Waals surface area contributed by atoms with E-state index in [2.05, 4.69) is 32.9 Å².